The third-order valence-corrected chi connectivity index (χ3v) is 2.32. The number of nitrogens with one attached hydrogen (secondary N) is 1. The average Bonchev–Trinajstić information content (AvgIpc) is 2.30. The van der Waals surface area contributed by atoms with Gasteiger partial charge in [0.25, 0.3) is 0 Å². The molecule has 0 fully saturated rings. The lowest BCUT2D eigenvalue weighted by Crippen LogP contribution is -2.14. The van der Waals surface area contributed by atoms with Crippen molar-refractivity contribution < 1.29 is 0 Å². The van der Waals surface area contributed by atoms with E-state index in [0.29, 0.717) is 0 Å². The van der Waals surface area contributed by atoms with Gasteiger partial charge in [0.1, 0.15) is 0 Å². The summed E-state index contributed by atoms with van der Waals surface area (Å²) in [7, 11) is 0. The molecule has 0 atom stereocenters. The third-order valence-electron chi connectivity index (χ3n) is 2.32. The molecule has 0 saturated carbocycles. The highest BCUT2D eigenvalue weighted by Crippen LogP contribution is 2.13. The lowest BCUT2D eigenvalue weighted by molar-refractivity contribution is 0.677. The molecular weight excluding hydrogens is 186 g/mol. The molecule has 3 nitrogen and oxygen atoms in total. The van der Waals surface area contributed by atoms with E-state index in [1.165, 1.54) is 5.56 Å². The lowest BCUT2D eigenvalue weighted by atomic mass is 10.1. The molecule has 0 aliphatic heterocycles. The number of fused-ring (bicyclic) bond motifs is 1. The van der Waals surface area contributed by atoms with Crippen LogP contribution in [-0.4, -0.2) is 16.5 Å². The molecule has 0 spiro atoms. The molecule has 1 N–H and O–H groups in total. The highest BCUT2D eigenvalue weighted by Gasteiger charge is 2.00. The molecule has 0 saturated heterocycles. The largest absolute Gasteiger partial charge is 0.313 e. The molecule has 3 heteroatoms. The second-order valence-electron chi connectivity index (χ2n) is 3.52. The summed E-state index contributed by atoms with van der Waals surface area (Å²) in [5.41, 5.74) is 3.19. The van der Waals surface area contributed by atoms with Crippen molar-refractivity contribution in [3.05, 3.63) is 36.2 Å². The Labute approximate surface area is 89.6 Å². The molecule has 1 aromatic carbocycles. The maximum Gasteiger partial charge on any atom is 0.0931 e. The van der Waals surface area contributed by atoms with Crippen LogP contribution in [0.1, 0.15) is 18.9 Å². The number of para-hydroxylation sites is 1. The first kappa shape index (κ1) is 10.1. The van der Waals surface area contributed by atoms with Gasteiger partial charge in [-0.15, -0.1) is 0 Å². The first-order valence-electron chi connectivity index (χ1n) is 5.31. The molecule has 1 heterocycles. The summed E-state index contributed by atoms with van der Waals surface area (Å²) >= 11 is 0. The fourth-order valence-corrected chi connectivity index (χ4v) is 1.59. The maximum absolute atomic E-state index is 4.36. The Morgan fingerprint density at radius 1 is 1.20 bits per heavy atom. The molecule has 1 aromatic heterocycles. The van der Waals surface area contributed by atoms with E-state index in [1.807, 2.05) is 12.1 Å². The molecule has 0 bridgehead atoms. The van der Waals surface area contributed by atoms with Crippen molar-refractivity contribution in [3.63, 3.8) is 0 Å². The summed E-state index contributed by atoms with van der Waals surface area (Å²) in [6.07, 6.45) is 4.62. The minimum atomic E-state index is 0.865. The minimum Gasteiger partial charge on any atom is -0.313 e. The van der Waals surface area contributed by atoms with Gasteiger partial charge in [0.2, 0.25) is 0 Å². The second-order valence-corrected chi connectivity index (χ2v) is 3.52. The lowest BCUT2D eigenvalue weighted by Gasteiger charge is -2.05. The van der Waals surface area contributed by atoms with Gasteiger partial charge in [-0.3, -0.25) is 9.97 Å². The van der Waals surface area contributed by atoms with Crippen LogP contribution in [0.3, 0.4) is 0 Å². The molecule has 0 radical (unpaired) electrons. The Morgan fingerprint density at radius 2 is 2.07 bits per heavy atom. The SMILES string of the molecule is CCCNCc1cccc2nccnc12. The molecule has 78 valence electrons. The van der Waals surface area contributed by atoms with Crippen molar-refractivity contribution in [2.75, 3.05) is 6.54 Å². The highest BCUT2D eigenvalue weighted by molar-refractivity contribution is 5.77. The Kier molecular flexibility index (Phi) is 3.25. The van der Waals surface area contributed by atoms with Crippen LogP contribution in [0.15, 0.2) is 30.6 Å². The van der Waals surface area contributed by atoms with Gasteiger partial charge in [0.15, 0.2) is 0 Å². The fraction of sp³-hybridized carbons (Fsp3) is 0.333. The number of nitrogens with zero attached hydrogens (tertiary/aromatic N) is 2. The van der Waals surface area contributed by atoms with Gasteiger partial charge in [-0.25, -0.2) is 0 Å². The third kappa shape index (κ3) is 2.30. The van der Waals surface area contributed by atoms with E-state index in [1.54, 1.807) is 12.4 Å². The van der Waals surface area contributed by atoms with E-state index in [-0.39, 0.29) is 0 Å². The van der Waals surface area contributed by atoms with Crippen molar-refractivity contribution in [1.29, 1.82) is 0 Å². The van der Waals surface area contributed by atoms with Crippen molar-refractivity contribution in [3.8, 4) is 0 Å². The Morgan fingerprint density at radius 3 is 2.93 bits per heavy atom. The normalized spacial score (nSPS) is 10.7. The summed E-state index contributed by atoms with van der Waals surface area (Å²) in [5.74, 6) is 0. The molecule has 0 unspecified atom stereocenters. The van der Waals surface area contributed by atoms with E-state index in [9.17, 15) is 0 Å². The quantitative estimate of drug-likeness (QED) is 0.770. The smallest absolute Gasteiger partial charge is 0.0931 e. The van der Waals surface area contributed by atoms with Gasteiger partial charge in [-0.05, 0) is 24.6 Å². The van der Waals surface area contributed by atoms with Crippen molar-refractivity contribution in [2.45, 2.75) is 19.9 Å². The predicted molar refractivity (Wildman–Crippen MR) is 61.5 cm³/mol. The minimum absolute atomic E-state index is 0.865. The van der Waals surface area contributed by atoms with E-state index in [0.717, 1.165) is 30.5 Å². The number of rotatable bonds is 4. The van der Waals surface area contributed by atoms with Gasteiger partial charge < -0.3 is 5.32 Å². The van der Waals surface area contributed by atoms with Crippen LogP contribution in [0, 0.1) is 0 Å². The van der Waals surface area contributed by atoms with Gasteiger partial charge in [-0.1, -0.05) is 19.1 Å². The molecule has 2 aromatic rings. The van der Waals surface area contributed by atoms with Crippen LogP contribution in [0.5, 0.6) is 0 Å². The molecule has 15 heavy (non-hydrogen) atoms. The summed E-state index contributed by atoms with van der Waals surface area (Å²) < 4.78 is 0. The molecule has 0 aliphatic carbocycles. The highest BCUT2D eigenvalue weighted by atomic mass is 14.9. The van der Waals surface area contributed by atoms with Crippen molar-refractivity contribution in [1.82, 2.24) is 15.3 Å². The summed E-state index contributed by atoms with van der Waals surface area (Å²) in [4.78, 5) is 8.64. The summed E-state index contributed by atoms with van der Waals surface area (Å²) in [6.45, 7) is 4.07. The fourth-order valence-electron chi connectivity index (χ4n) is 1.59. The van der Waals surface area contributed by atoms with Crippen molar-refractivity contribution >= 4 is 11.0 Å². The summed E-state index contributed by atoms with van der Waals surface area (Å²) in [5, 5.41) is 3.38. The average molecular weight is 201 g/mol. The van der Waals surface area contributed by atoms with Gasteiger partial charge in [0.05, 0.1) is 11.0 Å². The van der Waals surface area contributed by atoms with Crippen LogP contribution in [0.2, 0.25) is 0 Å². The van der Waals surface area contributed by atoms with Crippen molar-refractivity contribution in [2.24, 2.45) is 0 Å². The molecule has 0 aliphatic rings. The van der Waals surface area contributed by atoms with Gasteiger partial charge >= 0.3 is 0 Å². The second kappa shape index (κ2) is 4.84. The maximum atomic E-state index is 4.36. The zero-order valence-electron chi connectivity index (χ0n) is 8.90. The number of hydrogen-bond donors (Lipinski definition) is 1. The molecule has 0 amide bonds. The zero-order chi connectivity index (χ0) is 10.5. The van der Waals surface area contributed by atoms with Crippen LogP contribution >= 0.6 is 0 Å². The first-order valence-corrected chi connectivity index (χ1v) is 5.31. The first-order chi connectivity index (χ1) is 7.42. The number of benzene rings is 1. The van der Waals surface area contributed by atoms with Crippen LogP contribution in [0.25, 0.3) is 11.0 Å². The Hall–Kier alpha value is -1.48. The summed E-state index contributed by atoms with van der Waals surface area (Å²) in [6, 6.07) is 6.12. The van der Waals surface area contributed by atoms with E-state index in [2.05, 4.69) is 28.3 Å². The molecular formula is C12H15N3. The number of aromatic nitrogens is 2. The van der Waals surface area contributed by atoms with E-state index >= 15 is 0 Å². The van der Waals surface area contributed by atoms with E-state index < -0.39 is 0 Å². The zero-order valence-corrected chi connectivity index (χ0v) is 8.90. The Bertz CT molecular complexity index is 434. The predicted octanol–water partition coefficient (Wildman–Crippen LogP) is 2.13. The van der Waals surface area contributed by atoms with E-state index in [4.69, 9.17) is 0 Å². The topological polar surface area (TPSA) is 37.8 Å². The van der Waals surface area contributed by atoms with Crippen LogP contribution in [0.4, 0.5) is 0 Å². The van der Waals surface area contributed by atoms with Gasteiger partial charge in [0, 0.05) is 18.9 Å². The van der Waals surface area contributed by atoms with Crippen LogP contribution < -0.4 is 5.32 Å². The van der Waals surface area contributed by atoms with Gasteiger partial charge in [-0.2, -0.15) is 0 Å². The number of hydrogen-bond acceptors (Lipinski definition) is 3. The Balaban J connectivity index is 2.26. The van der Waals surface area contributed by atoms with Crippen LogP contribution in [-0.2, 0) is 6.54 Å². The monoisotopic (exact) mass is 201 g/mol. The standard InChI is InChI=1S/C12H15N3/c1-2-6-13-9-10-4-3-5-11-12(10)15-8-7-14-11/h3-5,7-8,13H,2,6,9H2,1H3. The molecule has 2 rings (SSSR count).